The number of carbonyl (C=O) groups is 1. The first-order valence-electron chi connectivity index (χ1n) is 13.6. The molecule has 3 aromatic rings. The van der Waals surface area contributed by atoms with Gasteiger partial charge in [0.15, 0.2) is 0 Å². The molecule has 3 saturated heterocycles. The normalized spacial score (nSPS) is 21.6. The number of ether oxygens (including phenoxy) is 3. The molecule has 9 nitrogen and oxygen atoms in total. The van der Waals surface area contributed by atoms with Crippen LogP contribution in [0.15, 0.2) is 48.8 Å². The number of carbonyl (C=O) groups excluding carboxylic acids is 1. The van der Waals surface area contributed by atoms with Crippen LogP contribution in [0.1, 0.15) is 25.7 Å². The standard InChI is InChI=1S/C29H31ClFN5O4/c30-23-12-18(3-6-24(23)31)34-29-22-13-26(27(14-25(22)32-17-33-29)40-21-7-10-38-11-8-21)35-28(37)2-1-9-36-19-4-5-20(36)16-39-15-19/h1-3,6,12-14,17,19-21H,4-5,7-11,15-16H2,(H,35,37)(H,32,33,34). The number of halogens is 2. The largest absolute Gasteiger partial charge is 0.488 e. The van der Waals surface area contributed by atoms with Gasteiger partial charge in [0.2, 0.25) is 5.91 Å². The summed E-state index contributed by atoms with van der Waals surface area (Å²) in [4.78, 5) is 24.3. The summed E-state index contributed by atoms with van der Waals surface area (Å²) in [7, 11) is 0. The minimum absolute atomic E-state index is 0.000310. The summed E-state index contributed by atoms with van der Waals surface area (Å²) in [6.45, 7) is 3.47. The summed E-state index contributed by atoms with van der Waals surface area (Å²) in [5, 5.41) is 6.83. The van der Waals surface area contributed by atoms with Crippen molar-refractivity contribution >= 4 is 45.6 Å². The molecule has 1 aromatic heterocycles. The van der Waals surface area contributed by atoms with Crippen LogP contribution in [0.3, 0.4) is 0 Å². The number of fused-ring (bicyclic) bond motifs is 3. The third-order valence-electron chi connectivity index (χ3n) is 7.62. The van der Waals surface area contributed by atoms with E-state index in [9.17, 15) is 9.18 Å². The molecule has 3 aliphatic rings. The molecule has 2 bridgehead atoms. The fourth-order valence-corrected chi connectivity index (χ4v) is 5.71. The van der Waals surface area contributed by atoms with Gasteiger partial charge in [0.25, 0.3) is 0 Å². The topological polar surface area (TPSA) is 97.8 Å². The number of hydrogen-bond acceptors (Lipinski definition) is 8. The van der Waals surface area contributed by atoms with Gasteiger partial charge in [-0.1, -0.05) is 17.7 Å². The summed E-state index contributed by atoms with van der Waals surface area (Å²) >= 11 is 5.97. The molecule has 40 heavy (non-hydrogen) atoms. The van der Waals surface area contributed by atoms with Gasteiger partial charge in [-0.2, -0.15) is 0 Å². The lowest BCUT2D eigenvalue weighted by atomic mass is 10.1. The maximum absolute atomic E-state index is 13.7. The molecule has 2 N–H and O–H groups in total. The zero-order valence-electron chi connectivity index (χ0n) is 21.9. The van der Waals surface area contributed by atoms with E-state index in [1.165, 1.54) is 18.5 Å². The second-order valence-corrected chi connectivity index (χ2v) is 10.7. The summed E-state index contributed by atoms with van der Waals surface area (Å²) in [5.41, 5.74) is 1.71. The number of anilines is 3. The Bertz CT molecular complexity index is 1400. The third-order valence-corrected chi connectivity index (χ3v) is 7.91. The van der Waals surface area contributed by atoms with Gasteiger partial charge >= 0.3 is 0 Å². The first-order valence-corrected chi connectivity index (χ1v) is 14.0. The zero-order chi connectivity index (χ0) is 27.5. The molecular formula is C29H31ClFN5O4. The van der Waals surface area contributed by atoms with Crippen molar-refractivity contribution in [1.29, 1.82) is 0 Å². The Morgan fingerprint density at radius 1 is 1.10 bits per heavy atom. The number of rotatable bonds is 8. The highest BCUT2D eigenvalue weighted by atomic mass is 35.5. The van der Waals surface area contributed by atoms with E-state index in [4.69, 9.17) is 25.8 Å². The molecule has 2 unspecified atom stereocenters. The van der Waals surface area contributed by atoms with Crippen molar-refractivity contribution in [3.63, 3.8) is 0 Å². The van der Waals surface area contributed by atoms with E-state index in [-0.39, 0.29) is 17.0 Å². The molecule has 4 heterocycles. The van der Waals surface area contributed by atoms with Crippen LogP contribution in [-0.2, 0) is 14.3 Å². The smallest absolute Gasteiger partial charge is 0.248 e. The van der Waals surface area contributed by atoms with Crippen molar-refractivity contribution in [2.24, 2.45) is 0 Å². The number of aromatic nitrogens is 2. The summed E-state index contributed by atoms with van der Waals surface area (Å²) in [6.07, 6.45) is 8.67. The van der Waals surface area contributed by atoms with Crippen molar-refractivity contribution in [1.82, 2.24) is 14.9 Å². The summed E-state index contributed by atoms with van der Waals surface area (Å²) in [5.74, 6) is 0.253. The second-order valence-electron chi connectivity index (χ2n) is 10.3. The van der Waals surface area contributed by atoms with E-state index in [0.29, 0.717) is 65.7 Å². The first kappa shape index (κ1) is 26.9. The monoisotopic (exact) mass is 567 g/mol. The van der Waals surface area contributed by atoms with Crippen LogP contribution in [0.5, 0.6) is 5.75 Å². The Morgan fingerprint density at radius 2 is 1.90 bits per heavy atom. The van der Waals surface area contributed by atoms with Crippen molar-refractivity contribution in [3.05, 3.63) is 59.7 Å². The molecule has 6 rings (SSSR count). The van der Waals surface area contributed by atoms with Crippen LogP contribution in [0, 0.1) is 5.82 Å². The van der Waals surface area contributed by atoms with E-state index in [1.807, 2.05) is 6.08 Å². The van der Waals surface area contributed by atoms with E-state index < -0.39 is 5.82 Å². The Morgan fingerprint density at radius 3 is 2.67 bits per heavy atom. The Kier molecular flexibility index (Phi) is 8.10. The molecule has 2 aromatic carbocycles. The number of morpholine rings is 1. The number of nitrogens with zero attached hydrogens (tertiary/aromatic N) is 3. The van der Waals surface area contributed by atoms with Crippen LogP contribution in [0.25, 0.3) is 10.9 Å². The highest BCUT2D eigenvalue weighted by Gasteiger charge is 2.36. The zero-order valence-corrected chi connectivity index (χ0v) is 22.7. The first-order chi connectivity index (χ1) is 19.5. The van der Waals surface area contributed by atoms with Gasteiger partial charge in [0.1, 0.15) is 29.8 Å². The van der Waals surface area contributed by atoms with E-state index in [0.717, 1.165) is 38.9 Å². The van der Waals surface area contributed by atoms with Crippen LogP contribution >= 0.6 is 11.6 Å². The quantitative estimate of drug-likeness (QED) is 0.364. The number of benzene rings is 2. The van der Waals surface area contributed by atoms with Gasteiger partial charge in [-0.3, -0.25) is 9.69 Å². The molecule has 0 spiro atoms. The Labute approximate surface area is 236 Å². The molecule has 2 atom stereocenters. The van der Waals surface area contributed by atoms with Gasteiger partial charge in [0.05, 0.1) is 42.7 Å². The van der Waals surface area contributed by atoms with Crippen molar-refractivity contribution in [2.75, 3.05) is 43.6 Å². The maximum Gasteiger partial charge on any atom is 0.248 e. The van der Waals surface area contributed by atoms with Crippen molar-refractivity contribution < 1.29 is 23.4 Å². The van der Waals surface area contributed by atoms with Crippen molar-refractivity contribution in [2.45, 2.75) is 43.9 Å². The van der Waals surface area contributed by atoms with Crippen LogP contribution in [0.4, 0.5) is 21.6 Å². The van der Waals surface area contributed by atoms with Gasteiger partial charge in [0, 0.05) is 54.7 Å². The highest BCUT2D eigenvalue weighted by Crippen LogP contribution is 2.35. The molecule has 1 amide bonds. The number of amides is 1. The van der Waals surface area contributed by atoms with Gasteiger partial charge < -0.3 is 24.8 Å². The lowest BCUT2D eigenvalue weighted by Gasteiger charge is -2.33. The highest BCUT2D eigenvalue weighted by molar-refractivity contribution is 6.31. The van der Waals surface area contributed by atoms with Gasteiger partial charge in [-0.25, -0.2) is 14.4 Å². The molecule has 11 heteroatoms. The lowest BCUT2D eigenvalue weighted by molar-refractivity contribution is -0.112. The molecule has 210 valence electrons. The van der Waals surface area contributed by atoms with Crippen LogP contribution < -0.4 is 15.4 Å². The van der Waals surface area contributed by atoms with Gasteiger partial charge in [-0.15, -0.1) is 0 Å². The molecule has 0 saturated carbocycles. The van der Waals surface area contributed by atoms with E-state index in [2.05, 4.69) is 25.5 Å². The predicted molar refractivity (Wildman–Crippen MR) is 151 cm³/mol. The lowest BCUT2D eigenvalue weighted by Crippen LogP contribution is -2.45. The number of hydrogen-bond donors (Lipinski definition) is 2. The molecule has 0 radical (unpaired) electrons. The average molecular weight is 568 g/mol. The van der Waals surface area contributed by atoms with Crippen LogP contribution in [-0.4, -0.2) is 71.9 Å². The molecule has 0 aliphatic carbocycles. The van der Waals surface area contributed by atoms with Crippen LogP contribution in [0.2, 0.25) is 5.02 Å². The Hall–Kier alpha value is -3.31. The average Bonchev–Trinajstić information content (AvgIpc) is 3.16. The fraction of sp³-hybridized carbons (Fsp3) is 0.414. The second kappa shape index (κ2) is 12.1. The molecule has 3 aliphatic heterocycles. The minimum Gasteiger partial charge on any atom is -0.488 e. The Balaban J connectivity index is 1.25. The predicted octanol–water partition coefficient (Wildman–Crippen LogP) is 5.08. The number of nitrogens with one attached hydrogen (secondary N) is 2. The maximum atomic E-state index is 13.7. The van der Waals surface area contributed by atoms with Gasteiger partial charge in [-0.05, 0) is 37.1 Å². The fourth-order valence-electron chi connectivity index (χ4n) is 5.53. The summed E-state index contributed by atoms with van der Waals surface area (Å²) in [6, 6.07) is 8.80. The third kappa shape index (κ3) is 6.05. The molecule has 3 fully saturated rings. The van der Waals surface area contributed by atoms with E-state index in [1.54, 1.807) is 24.3 Å². The van der Waals surface area contributed by atoms with Crippen molar-refractivity contribution in [3.8, 4) is 5.75 Å². The SMILES string of the molecule is O=C(C=CCN1C2CCC1COC2)Nc1cc2c(Nc3ccc(F)c(Cl)c3)ncnc2cc1OC1CCOCC1. The summed E-state index contributed by atoms with van der Waals surface area (Å²) < 4.78 is 31.1. The minimum atomic E-state index is -0.506. The van der Waals surface area contributed by atoms with E-state index >= 15 is 0 Å². The molecular weight excluding hydrogens is 537 g/mol.